The molecule has 4 N–H and O–H groups in total. The molecule has 12 nitrogen and oxygen atoms in total. The van der Waals surface area contributed by atoms with Crippen LogP contribution in [0.4, 0.5) is 17.7 Å². The molecule has 37 heavy (non-hydrogen) atoms. The lowest BCUT2D eigenvalue weighted by molar-refractivity contribution is 0.0491. The average molecular weight is 547 g/mol. The summed E-state index contributed by atoms with van der Waals surface area (Å²) >= 11 is 12.4. The number of nitrogens with zero attached hydrogens (tertiary/aromatic N) is 8. The third-order valence-corrected chi connectivity index (χ3v) is 7.48. The minimum Gasteiger partial charge on any atom is -0.402 e. The smallest absolute Gasteiger partial charge is 0.313 e. The van der Waals surface area contributed by atoms with Crippen LogP contribution in [-0.2, 0) is 0 Å². The fourth-order valence-corrected chi connectivity index (χ4v) is 5.53. The highest BCUT2D eigenvalue weighted by Gasteiger charge is 2.35. The summed E-state index contributed by atoms with van der Waals surface area (Å²) in [5.74, 6) is 0.870. The Labute approximate surface area is 224 Å². The van der Waals surface area contributed by atoms with E-state index in [4.69, 9.17) is 39.1 Å². The van der Waals surface area contributed by atoms with Crippen LogP contribution in [0.25, 0.3) is 11.6 Å². The number of hydrogen-bond donors (Lipinski definition) is 2. The standard InChI is InChI=1S/C23H28Cl2N10O2/c1-2-13-12-34(20-18(25)29-16(11-28-20)21-31-32-23(27)37-21)9-10-35(13)14-5-7-33(8-6-14)22(36)15-3-4-17(24)30-19(15)26/h3-4,11,13-14H,2,5-10,12H2,1H3,(H2,26,30)(H2,27,32)/t13-/m0/s1. The Bertz CT molecular complexity index is 1280. The fourth-order valence-electron chi connectivity index (χ4n) is 5.12. The number of piperidine rings is 1. The summed E-state index contributed by atoms with van der Waals surface area (Å²) in [4.78, 5) is 32.5. The van der Waals surface area contributed by atoms with Crippen LogP contribution in [0, 0.1) is 0 Å². The molecule has 196 valence electrons. The first-order valence-electron chi connectivity index (χ1n) is 12.2. The van der Waals surface area contributed by atoms with Gasteiger partial charge in [-0.3, -0.25) is 9.69 Å². The molecule has 1 atom stereocenters. The van der Waals surface area contributed by atoms with Crippen molar-refractivity contribution in [1.29, 1.82) is 0 Å². The number of carbonyl (C=O) groups excluding carboxylic acids is 1. The van der Waals surface area contributed by atoms with Crippen LogP contribution in [-0.4, -0.2) is 85.7 Å². The molecule has 2 saturated heterocycles. The normalized spacial score (nSPS) is 19.4. The van der Waals surface area contributed by atoms with Gasteiger partial charge in [0, 0.05) is 44.8 Å². The van der Waals surface area contributed by atoms with Gasteiger partial charge in [0.15, 0.2) is 11.0 Å². The van der Waals surface area contributed by atoms with E-state index in [0.29, 0.717) is 42.2 Å². The molecular weight excluding hydrogens is 519 g/mol. The third-order valence-electron chi connectivity index (χ3n) is 7.01. The summed E-state index contributed by atoms with van der Waals surface area (Å²) in [5.41, 5.74) is 12.2. The van der Waals surface area contributed by atoms with E-state index in [0.717, 1.165) is 38.9 Å². The van der Waals surface area contributed by atoms with Gasteiger partial charge < -0.3 is 25.7 Å². The molecule has 5 heterocycles. The van der Waals surface area contributed by atoms with Crippen molar-refractivity contribution in [1.82, 2.24) is 34.9 Å². The van der Waals surface area contributed by atoms with Gasteiger partial charge in [0.1, 0.15) is 16.7 Å². The lowest BCUT2D eigenvalue weighted by Crippen LogP contribution is -2.58. The number of aromatic nitrogens is 5. The van der Waals surface area contributed by atoms with Gasteiger partial charge in [0.25, 0.3) is 11.8 Å². The van der Waals surface area contributed by atoms with Crippen LogP contribution >= 0.6 is 23.2 Å². The van der Waals surface area contributed by atoms with Crippen molar-refractivity contribution in [3.63, 3.8) is 0 Å². The second-order valence-corrected chi connectivity index (χ2v) is 9.90. The Morgan fingerprint density at radius 3 is 2.54 bits per heavy atom. The number of rotatable bonds is 5. The van der Waals surface area contributed by atoms with E-state index in [1.54, 1.807) is 18.3 Å². The molecule has 2 aliphatic heterocycles. The number of anilines is 3. The van der Waals surface area contributed by atoms with E-state index >= 15 is 0 Å². The summed E-state index contributed by atoms with van der Waals surface area (Å²) in [6, 6.07) is 3.91. The first-order chi connectivity index (χ1) is 17.8. The molecule has 3 aromatic rings. The zero-order chi connectivity index (χ0) is 26.1. The quantitative estimate of drug-likeness (QED) is 0.453. The minimum atomic E-state index is -0.100. The van der Waals surface area contributed by atoms with Gasteiger partial charge in [0.2, 0.25) is 0 Å². The lowest BCUT2D eigenvalue weighted by Gasteiger charge is -2.47. The van der Waals surface area contributed by atoms with Crippen molar-refractivity contribution in [3.8, 4) is 11.6 Å². The third kappa shape index (κ3) is 5.27. The number of pyridine rings is 1. The van der Waals surface area contributed by atoms with E-state index in [-0.39, 0.29) is 33.9 Å². The highest BCUT2D eigenvalue weighted by molar-refractivity contribution is 6.31. The van der Waals surface area contributed by atoms with Crippen LogP contribution in [0.15, 0.2) is 22.7 Å². The van der Waals surface area contributed by atoms with Gasteiger partial charge >= 0.3 is 6.01 Å². The molecule has 2 fully saturated rings. The van der Waals surface area contributed by atoms with Crippen molar-refractivity contribution in [3.05, 3.63) is 34.2 Å². The summed E-state index contributed by atoms with van der Waals surface area (Å²) < 4.78 is 5.22. The Morgan fingerprint density at radius 1 is 1.11 bits per heavy atom. The highest BCUT2D eigenvalue weighted by Crippen LogP contribution is 2.30. The molecule has 5 rings (SSSR count). The van der Waals surface area contributed by atoms with Gasteiger partial charge in [-0.1, -0.05) is 35.2 Å². The van der Waals surface area contributed by atoms with Crippen LogP contribution < -0.4 is 16.4 Å². The maximum absolute atomic E-state index is 13.0. The number of nitrogen functional groups attached to an aromatic ring is 2. The Morgan fingerprint density at radius 2 is 1.89 bits per heavy atom. The molecule has 0 saturated carbocycles. The van der Waals surface area contributed by atoms with Gasteiger partial charge in [-0.2, -0.15) is 0 Å². The average Bonchev–Trinajstić information content (AvgIpc) is 3.34. The molecule has 0 bridgehead atoms. The summed E-state index contributed by atoms with van der Waals surface area (Å²) in [7, 11) is 0. The van der Waals surface area contributed by atoms with Crippen molar-refractivity contribution in [2.75, 3.05) is 49.1 Å². The molecule has 2 aliphatic rings. The highest BCUT2D eigenvalue weighted by atomic mass is 35.5. The largest absolute Gasteiger partial charge is 0.402 e. The number of piperazine rings is 1. The van der Waals surface area contributed by atoms with E-state index in [9.17, 15) is 4.79 Å². The fraction of sp³-hybridized carbons (Fsp3) is 0.478. The SMILES string of the molecule is CC[C@H]1CN(c2ncc(-c3nnc(N)o3)nc2Cl)CCN1C1CCN(C(=O)c2ccc(Cl)nc2N)CC1. The summed E-state index contributed by atoms with van der Waals surface area (Å²) in [6.07, 6.45) is 4.33. The van der Waals surface area contributed by atoms with Crippen molar-refractivity contribution < 1.29 is 9.21 Å². The van der Waals surface area contributed by atoms with E-state index < -0.39 is 0 Å². The second-order valence-electron chi connectivity index (χ2n) is 9.15. The second kappa shape index (κ2) is 10.6. The molecular formula is C23H28Cl2N10O2. The van der Waals surface area contributed by atoms with Crippen molar-refractivity contribution >= 4 is 46.8 Å². The van der Waals surface area contributed by atoms with Crippen molar-refractivity contribution in [2.45, 2.75) is 38.3 Å². The number of amides is 1. The molecule has 14 heteroatoms. The molecule has 0 aromatic carbocycles. The Kier molecular flexibility index (Phi) is 7.31. The topological polar surface area (TPSA) is 156 Å². The van der Waals surface area contributed by atoms with Crippen LogP contribution in [0.5, 0.6) is 0 Å². The monoisotopic (exact) mass is 546 g/mol. The van der Waals surface area contributed by atoms with Gasteiger partial charge in [-0.25, -0.2) is 15.0 Å². The Balaban J connectivity index is 1.21. The molecule has 3 aromatic heterocycles. The number of halogens is 2. The maximum atomic E-state index is 13.0. The molecule has 0 spiro atoms. The summed E-state index contributed by atoms with van der Waals surface area (Å²) in [6.45, 7) is 5.94. The van der Waals surface area contributed by atoms with Gasteiger partial charge in [-0.15, -0.1) is 5.10 Å². The number of carbonyl (C=O) groups is 1. The molecule has 0 unspecified atom stereocenters. The maximum Gasteiger partial charge on any atom is 0.313 e. The van der Waals surface area contributed by atoms with Crippen molar-refractivity contribution in [2.24, 2.45) is 0 Å². The van der Waals surface area contributed by atoms with Crippen LogP contribution in [0.2, 0.25) is 10.3 Å². The molecule has 1 amide bonds. The Hall–Kier alpha value is -3.22. The lowest BCUT2D eigenvalue weighted by atomic mass is 9.97. The van der Waals surface area contributed by atoms with E-state index in [1.165, 1.54) is 0 Å². The minimum absolute atomic E-state index is 0.0415. The zero-order valence-electron chi connectivity index (χ0n) is 20.3. The van der Waals surface area contributed by atoms with Gasteiger partial charge in [-0.05, 0) is 31.4 Å². The number of likely N-dealkylation sites (tertiary alicyclic amines) is 1. The van der Waals surface area contributed by atoms with Crippen LogP contribution in [0.3, 0.4) is 0 Å². The molecule has 0 radical (unpaired) electrons. The molecule has 0 aliphatic carbocycles. The first kappa shape index (κ1) is 25.4. The number of hydrogen-bond acceptors (Lipinski definition) is 11. The first-order valence-corrected chi connectivity index (χ1v) is 12.9. The summed E-state index contributed by atoms with van der Waals surface area (Å²) in [5, 5.41) is 8.03. The predicted octanol–water partition coefficient (Wildman–Crippen LogP) is 2.60. The predicted molar refractivity (Wildman–Crippen MR) is 140 cm³/mol. The zero-order valence-corrected chi connectivity index (χ0v) is 21.9. The van der Waals surface area contributed by atoms with Crippen LogP contribution in [0.1, 0.15) is 36.5 Å². The van der Waals surface area contributed by atoms with E-state index in [2.05, 4.69) is 41.9 Å². The number of nitrogens with two attached hydrogens (primary N) is 2. The van der Waals surface area contributed by atoms with Gasteiger partial charge in [0.05, 0.1) is 11.8 Å². The van der Waals surface area contributed by atoms with E-state index in [1.807, 2.05) is 4.90 Å².